The van der Waals surface area contributed by atoms with Gasteiger partial charge >= 0.3 is 6.18 Å². The van der Waals surface area contributed by atoms with Crippen molar-refractivity contribution in [2.24, 2.45) is 5.92 Å². The molecule has 0 radical (unpaired) electrons. The molecule has 0 amide bonds. The Labute approximate surface area is 177 Å². The number of halogens is 3. The van der Waals surface area contributed by atoms with Crippen molar-refractivity contribution in [3.8, 4) is 11.5 Å². The fourth-order valence-corrected chi connectivity index (χ4v) is 4.98. The molecule has 0 bridgehead atoms. The molecule has 7 nitrogen and oxygen atoms in total. The molecule has 1 aromatic carbocycles. The predicted molar refractivity (Wildman–Crippen MR) is 105 cm³/mol. The van der Waals surface area contributed by atoms with Crippen LogP contribution in [-0.2, 0) is 4.74 Å². The predicted octanol–water partition coefficient (Wildman–Crippen LogP) is 3.76. The molecule has 4 atom stereocenters. The summed E-state index contributed by atoms with van der Waals surface area (Å²) in [6.45, 7) is 4.23. The van der Waals surface area contributed by atoms with Gasteiger partial charge in [0.2, 0.25) is 0 Å². The van der Waals surface area contributed by atoms with Crippen molar-refractivity contribution in [2.75, 3.05) is 32.9 Å². The Morgan fingerprint density at radius 2 is 2.03 bits per heavy atom. The number of nitro groups is 1. The first-order valence-corrected chi connectivity index (χ1v) is 10.5. The molecule has 2 aliphatic heterocycles. The third-order valence-electron chi connectivity index (χ3n) is 6.18. The molecule has 31 heavy (non-hydrogen) atoms. The van der Waals surface area contributed by atoms with Crippen LogP contribution in [0.1, 0.15) is 31.2 Å². The van der Waals surface area contributed by atoms with Crippen molar-refractivity contribution in [3.05, 3.63) is 45.6 Å². The highest BCUT2D eigenvalue weighted by Crippen LogP contribution is 2.53. The lowest BCUT2D eigenvalue weighted by molar-refractivity contribution is -0.550. The Morgan fingerprint density at radius 1 is 1.29 bits per heavy atom. The molecular formula is C21H25F3N2O5. The van der Waals surface area contributed by atoms with Gasteiger partial charge in [0.15, 0.2) is 11.5 Å². The van der Waals surface area contributed by atoms with E-state index in [1.54, 1.807) is 19.1 Å². The monoisotopic (exact) mass is 442 g/mol. The van der Waals surface area contributed by atoms with Crippen LogP contribution in [0.25, 0.3) is 0 Å². The Morgan fingerprint density at radius 3 is 2.68 bits per heavy atom. The molecule has 0 spiro atoms. The minimum atomic E-state index is -4.89. The molecule has 1 saturated heterocycles. The quantitative estimate of drug-likeness (QED) is 0.511. The number of nitrogens with zero attached hydrogens (tertiary/aromatic N) is 2. The highest BCUT2D eigenvalue weighted by molar-refractivity contribution is 5.51. The SMILES string of the molecule is CCOc1cccc2c1O[C@@H](C(F)(F)F)[C@H]([N+](=O)[O-])[C@H]2[C@H]1CCC=C1N1CCOCC1. The number of morpholine rings is 1. The summed E-state index contributed by atoms with van der Waals surface area (Å²) in [6, 6.07) is 2.86. The zero-order valence-electron chi connectivity index (χ0n) is 17.1. The number of ether oxygens (including phenoxy) is 3. The first-order valence-electron chi connectivity index (χ1n) is 10.5. The zero-order chi connectivity index (χ0) is 22.2. The maximum atomic E-state index is 14.0. The van der Waals surface area contributed by atoms with Crippen LogP contribution < -0.4 is 9.47 Å². The van der Waals surface area contributed by atoms with Crippen molar-refractivity contribution < 1.29 is 32.3 Å². The number of alkyl halides is 3. The van der Waals surface area contributed by atoms with Crippen molar-refractivity contribution in [1.29, 1.82) is 0 Å². The smallest absolute Gasteiger partial charge is 0.432 e. The number of hydrogen-bond acceptors (Lipinski definition) is 6. The van der Waals surface area contributed by atoms with E-state index < -0.39 is 35.1 Å². The van der Waals surface area contributed by atoms with Crippen molar-refractivity contribution in [1.82, 2.24) is 4.90 Å². The normalized spacial score (nSPS) is 28.5. The molecule has 2 heterocycles. The van der Waals surface area contributed by atoms with Gasteiger partial charge in [-0.25, -0.2) is 0 Å². The summed E-state index contributed by atoms with van der Waals surface area (Å²) in [7, 11) is 0. The second kappa shape index (κ2) is 8.57. The van der Waals surface area contributed by atoms with Gasteiger partial charge in [-0.05, 0) is 25.8 Å². The second-order valence-electron chi connectivity index (χ2n) is 7.90. The van der Waals surface area contributed by atoms with Crippen LogP contribution in [0.15, 0.2) is 30.0 Å². The van der Waals surface area contributed by atoms with E-state index >= 15 is 0 Å². The van der Waals surface area contributed by atoms with Crippen molar-refractivity contribution in [3.63, 3.8) is 0 Å². The summed E-state index contributed by atoms with van der Waals surface area (Å²) < 4.78 is 58.1. The molecule has 1 aliphatic carbocycles. The number of para-hydroxylation sites is 1. The molecule has 0 unspecified atom stereocenters. The first-order chi connectivity index (χ1) is 14.8. The van der Waals surface area contributed by atoms with Gasteiger partial charge in [-0.1, -0.05) is 18.2 Å². The van der Waals surface area contributed by atoms with Crippen LogP contribution in [0, 0.1) is 16.0 Å². The van der Waals surface area contributed by atoms with Gasteiger partial charge in [0.1, 0.15) is 0 Å². The maximum absolute atomic E-state index is 14.0. The summed E-state index contributed by atoms with van der Waals surface area (Å²) in [5.74, 6) is -1.26. The van der Waals surface area contributed by atoms with Crippen molar-refractivity contribution >= 4 is 0 Å². The van der Waals surface area contributed by atoms with Gasteiger partial charge in [0.05, 0.1) is 25.7 Å². The molecule has 10 heteroatoms. The Balaban J connectivity index is 1.82. The highest BCUT2D eigenvalue weighted by atomic mass is 19.4. The highest BCUT2D eigenvalue weighted by Gasteiger charge is 2.61. The molecule has 4 rings (SSSR count). The lowest BCUT2D eigenvalue weighted by atomic mass is 9.74. The maximum Gasteiger partial charge on any atom is 0.432 e. The lowest BCUT2D eigenvalue weighted by Crippen LogP contribution is -2.55. The molecule has 1 fully saturated rings. The third-order valence-corrected chi connectivity index (χ3v) is 6.18. The van der Waals surface area contributed by atoms with Crippen LogP contribution in [0.5, 0.6) is 11.5 Å². The van der Waals surface area contributed by atoms with E-state index in [-0.39, 0.29) is 18.1 Å². The van der Waals surface area contributed by atoms with E-state index in [4.69, 9.17) is 14.2 Å². The van der Waals surface area contributed by atoms with Crippen molar-refractivity contribution in [2.45, 2.75) is 44.0 Å². The first kappa shape index (κ1) is 21.7. The number of rotatable bonds is 5. The summed E-state index contributed by atoms with van der Waals surface area (Å²) in [4.78, 5) is 13.3. The summed E-state index contributed by atoms with van der Waals surface area (Å²) in [6.07, 6.45) is -4.24. The standard InChI is InChI=1S/C21H25F3N2O5/c1-2-30-16-8-4-6-14-17(13-5-3-7-15(13)25-9-11-29-12-10-25)18(26(27)28)20(21(22,23)24)31-19(14)16/h4,6-8,13,17-18,20H,2-3,5,9-12H2,1H3/t13-,17-,18+,20+/m0/s1. The Hall–Kier alpha value is -2.49. The summed E-state index contributed by atoms with van der Waals surface area (Å²) >= 11 is 0. The van der Waals surface area contributed by atoms with Gasteiger partial charge in [0.25, 0.3) is 12.1 Å². The van der Waals surface area contributed by atoms with Crippen LogP contribution >= 0.6 is 0 Å². The van der Waals surface area contributed by atoms with E-state index in [9.17, 15) is 23.3 Å². The second-order valence-corrected chi connectivity index (χ2v) is 7.90. The van der Waals surface area contributed by atoms with E-state index in [0.717, 1.165) is 5.70 Å². The largest absolute Gasteiger partial charge is 0.490 e. The molecule has 1 aromatic rings. The minimum absolute atomic E-state index is 0.0389. The molecule has 0 saturated carbocycles. The zero-order valence-corrected chi connectivity index (χ0v) is 17.1. The fraction of sp³-hybridized carbons (Fsp3) is 0.619. The Kier molecular flexibility index (Phi) is 6.00. The number of fused-ring (bicyclic) bond motifs is 1. The van der Waals surface area contributed by atoms with Gasteiger partial charge < -0.3 is 19.1 Å². The number of allylic oxidation sites excluding steroid dienone is 2. The van der Waals surface area contributed by atoms with E-state index in [0.29, 0.717) is 44.7 Å². The van der Waals surface area contributed by atoms with E-state index in [2.05, 4.69) is 4.90 Å². The summed E-state index contributed by atoms with van der Waals surface area (Å²) in [5, 5.41) is 12.0. The average Bonchev–Trinajstić information content (AvgIpc) is 3.22. The Bertz CT molecular complexity index is 854. The van der Waals surface area contributed by atoms with Gasteiger partial charge in [-0.15, -0.1) is 0 Å². The topological polar surface area (TPSA) is 74.1 Å². The van der Waals surface area contributed by atoms with Gasteiger partial charge in [-0.3, -0.25) is 10.1 Å². The number of hydrogen-bond donors (Lipinski definition) is 0. The average molecular weight is 442 g/mol. The van der Waals surface area contributed by atoms with Crippen LogP contribution in [-0.4, -0.2) is 61.1 Å². The fourth-order valence-electron chi connectivity index (χ4n) is 4.98. The molecular weight excluding hydrogens is 417 g/mol. The number of benzene rings is 1. The molecule has 0 aromatic heterocycles. The van der Waals surface area contributed by atoms with Gasteiger partial charge in [0, 0.05) is 35.2 Å². The van der Waals surface area contributed by atoms with E-state index in [1.807, 2.05) is 6.08 Å². The minimum Gasteiger partial charge on any atom is -0.490 e. The third kappa shape index (κ3) is 4.05. The van der Waals surface area contributed by atoms with Crippen LogP contribution in [0.4, 0.5) is 13.2 Å². The van der Waals surface area contributed by atoms with Crippen LogP contribution in [0.2, 0.25) is 0 Å². The molecule has 170 valence electrons. The van der Waals surface area contributed by atoms with Crippen LogP contribution in [0.3, 0.4) is 0 Å². The lowest BCUT2D eigenvalue weighted by Gasteiger charge is -2.41. The molecule has 3 aliphatic rings. The van der Waals surface area contributed by atoms with E-state index in [1.165, 1.54) is 6.07 Å². The summed E-state index contributed by atoms with van der Waals surface area (Å²) in [5.41, 5.74) is 1.27. The van der Waals surface area contributed by atoms with Gasteiger partial charge in [-0.2, -0.15) is 13.2 Å². The molecule has 0 N–H and O–H groups in total.